The number of benzene rings is 1. The van der Waals surface area contributed by atoms with Crippen LogP contribution in [0, 0.1) is 0 Å². The van der Waals surface area contributed by atoms with Crippen LogP contribution < -0.4 is 11.1 Å². The normalized spacial score (nSPS) is 10.5. The number of primary amides is 1. The Labute approximate surface area is 127 Å². The lowest BCUT2D eigenvalue weighted by atomic mass is 10.1. The van der Waals surface area contributed by atoms with Crippen molar-refractivity contribution in [3.63, 3.8) is 0 Å². The smallest absolute Gasteiger partial charge is 0.253 e. The molecular formula is C15H16ClN3O2. The third kappa shape index (κ3) is 3.92. The Kier molecular flexibility index (Phi) is 5.11. The lowest BCUT2D eigenvalue weighted by Gasteiger charge is -2.08. The molecule has 1 aromatic heterocycles. The van der Waals surface area contributed by atoms with Crippen molar-refractivity contribution < 1.29 is 9.59 Å². The van der Waals surface area contributed by atoms with Crippen LogP contribution in [0.15, 0.2) is 30.5 Å². The van der Waals surface area contributed by atoms with Crippen LogP contribution >= 0.6 is 11.6 Å². The average molecular weight is 306 g/mol. The Morgan fingerprint density at radius 1 is 1.19 bits per heavy atom. The highest BCUT2D eigenvalue weighted by atomic mass is 35.5. The van der Waals surface area contributed by atoms with E-state index in [2.05, 4.69) is 10.3 Å². The van der Waals surface area contributed by atoms with Crippen molar-refractivity contribution in [1.29, 1.82) is 0 Å². The van der Waals surface area contributed by atoms with Crippen LogP contribution in [0.25, 0.3) is 10.8 Å². The summed E-state index contributed by atoms with van der Waals surface area (Å²) in [7, 11) is 0. The summed E-state index contributed by atoms with van der Waals surface area (Å²) < 4.78 is 0. The number of hydrogen-bond acceptors (Lipinski definition) is 3. The zero-order valence-corrected chi connectivity index (χ0v) is 12.2. The molecule has 0 bridgehead atoms. The highest BCUT2D eigenvalue weighted by Gasteiger charge is 2.12. The number of nitrogens with two attached hydrogens (primary N) is 1. The number of halogens is 1. The minimum atomic E-state index is -0.325. The molecule has 2 aromatic rings. The van der Waals surface area contributed by atoms with E-state index in [1.165, 1.54) is 6.20 Å². The van der Waals surface area contributed by atoms with Gasteiger partial charge in [-0.15, -0.1) is 0 Å². The molecule has 0 atom stereocenters. The zero-order chi connectivity index (χ0) is 15.2. The average Bonchev–Trinajstić information content (AvgIpc) is 2.47. The molecule has 0 aliphatic rings. The maximum absolute atomic E-state index is 12.2. The molecule has 0 fully saturated rings. The third-order valence-corrected chi connectivity index (χ3v) is 3.43. The van der Waals surface area contributed by atoms with Gasteiger partial charge in [0.25, 0.3) is 5.91 Å². The van der Waals surface area contributed by atoms with E-state index in [-0.39, 0.29) is 11.8 Å². The number of nitrogens with one attached hydrogen (secondary N) is 1. The van der Waals surface area contributed by atoms with Crippen LogP contribution in [0.2, 0.25) is 5.15 Å². The Balaban J connectivity index is 2.03. The summed E-state index contributed by atoms with van der Waals surface area (Å²) in [6.07, 6.45) is 3.17. The molecule has 0 saturated heterocycles. The van der Waals surface area contributed by atoms with Gasteiger partial charge in [-0.1, -0.05) is 35.9 Å². The van der Waals surface area contributed by atoms with Gasteiger partial charge in [0.1, 0.15) is 5.15 Å². The van der Waals surface area contributed by atoms with Crippen molar-refractivity contribution in [3.05, 3.63) is 41.2 Å². The second-order valence-electron chi connectivity index (χ2n) is 4.69. The molecule has 6 heteroatoms. The van der Waals surface area contributed by atoms with Crippen LogP contribution in [-0.2, 0) is 4.79 Å². The Bertz CT molecular complexity index is 673. The topological polar surface area (TPSA) is 85.1 Å². The third-order valence-electron chi connectivity index (χ3n) is 3.13. The number of nitrogens with zero attached hydrogens (tertiary/aromatic N) is 1. The molecule has 2 amide bonds. The summed E-state index contributed by atoms with van der Waals surface area (Å²) in [5, 5.41) is 4.71. The van der Waals surface area contributed by atoms with Gasteiger partial charge < -0.3 is 11.1 Å². The Morgan fingerprint density at radius 3 is 2.62 bits per heavy atom. The molecule has 5 nitrogen and oxygen atoms in total. The highest BCUT2D eigenvalue weighted by Crippen LogP contribution is 2.24. The predicted octanol–water partition coefficient (Wildman–Crippen LogP) is 2.27. The number of aromatic nitrogens is 1. The van der Waals surface area contributed by atoms with Gasteiger partial charge in [-0.3, -0.25) is 9.59 Å². The van der Waals surface area contributed by atoms with Crippen LogP contribution in [0.3, 0.4) is 0 Å². The van der Waals surface area contributed by atoms with E-state index in [1.807, 2.05) is 24.3 Å². The van der Waals surface area contributed by atoms with E-state index in [0.717, 1.165) is 10.8 Å². The fraction of sp³-hybridized carbons (Fsp3) is 0.267. The van der Waals surface area contributed by atoms with Crippen molar-refractivity contribution in [1.82, 2.24) is 10.3 Å². The first-order valence-corrected chi connectivity index (χ1v) is 7.07. The molecule has 21 heavy (non-hydrogen) atoms. The molecule has 1 heterocycles. The molecule has 110 valence electrons. The van der Waals surface area contributed by atoms with E-state index in [4.69, 9.17) is 17.3 Å². The molecule has 0 aliphatic carbocycles. The van der Waals surface area contributed by atoms with E-state index >= 15 is 0 Å². The first kappa shape index (κ1) is 15.3. The second kappa shape index (κ2) is 7.04. The molecular weight excluding hydrogens is 290 g/mol. The molecule has 2 rings (SSSR count). The van der Waals surface area contributed by atoms with Gasteiger partial charge >= 0.3 is 0 Å². The van der Waals surface area contributed by atoms with Gasteiger partial charge in [0.15, 0.2) is 0 Å². The Hall–Kier alpha value is -2.14. The van der Waals surface area contributed by atoms with Crippen LogP contribution in [0.4, 0.5) is 0 Å². The molecule has 0 unspecified atom stereocenters. The standard InChI is InChI=1S/C15H16ClN3O2/c16-14-11-6-2-1-5-10(11)12(9-19-14)15(21)18-8-4-3-7-13(17)20/h1-2,5-6,9H,3-4,7-8H2,(H2,17,20)(H,18,21). The van der Waals surface area contributed by atoms with Gasteiger partial charge in [-0.2, -0.15) is 0 Å². The summed E-state index contributed by atoms with van der Waals surface area (Å²) in [4.78, 5) is 26.8. The van der Waals surface area contributed by atoms with E-state index in [0.29, 0.717) is 36.5 Å². The number of carbonyl (C=O) groups is 2. The first-order valence-electron chi connectivity index (χ1n) is 6.69. The first-order chi connectivity index (χ1) is 10.1. The van der Waals surface area contributed by atoms with Gasteiger partial charge in [0, 0.05) is 24.5 Å². The maximum Gasteiger partial charge on any atom is 0.253 e. The highest BCUT2D eigenvalue weighted by molar-refractivity contribution is 6.34. The SMILES string of the molecule is NC(=O)CCCCNC(=O)c1cnc(Cl)c2ccccc12. The minimum Gasteiger partial charge on any atom is -0.370 e. The van der Waals surface area contributed by atoms with Crippen molar-refractivity contribution >= 4 is 34.2 Å². The van der Waals surface area contributed by atoms with Crippen LogP contribution in [-0.4, -0.2) is 23.3 Å². The summed E-state index contributed by atoms with van der Waals surface area (Å²) in [6.45, 7) is 0.489. The quantitative estimate of drug-likeness (QED) is 0.634. The van der Waals surface area contributed by atoms with Gasteiger partial charge in [-0.25, -0.2) is 4.98 Å². The number of unbranched alkanes of at least 4 members (excludes halogenated alkanes) is 1. The number of fused-ring (bicyclic) bond motifs is 1. The molecule has 3 N–H and O–H groups in total. The minimum absolute atomic E-state index is 0.200. The molecule has 0 spiro atoms. The van der Waals surface area contributed by atoms with E-state index in [9.17, 15) is 9.59 Å². The number of amides is 2. The van der Waals surface area contributed by atoms with Crippen molar-refractivity contribution in [3.8, 4) is 0 Å². The van der Waals surface area contributed by atoms with Gasteiger partial charge in [0.2, 0.25) is 5.91 Å². The maximum atomic E-state index is 12.2. The number of rotatable bonds is 6. The lowest BCUT2D eigenvalue weighted by Crippen LogP contribution is -2.25. The molecule has 1 aromatic carbocycles. The predicted molar refractivity (Wildman–Crippen MR) is 82.1 cm³/mol. The fourth-order valence-corrected chi connectivity index (χ4v) is 2.27. The van der Waals surface area contributed by atoms with Crippen LogP contribution in [0.1, 0.15) is 29.6 Å². The van der Waals surface area contributed by atoms with E-state index in [1.54, 1.807) is 0 Å². The summed E-state index contributed by atoms with van der Waals surface area (Å²) >= 11 is 6.02. The number of carbonyl (C=O) groups excluding carboxylic acids is 2. The Morgan fingerprint density at radius 2 is 1.90 bits per heavy atom. The second-order valence-corrected chi connectivity index (χ2v) is 5.05. The fourth-order valence-electron chi connectivity index (χ4n) is 2.06. The van der Waals surface area contributed by atoms with Crippen molar-refractivity contribution in [2.75, 3.05) is 6.54 Å². The summed E-state index contributed by atoms with van der Waals surface area (Å²) in [5.74, 6) is -0.524. The number of pyridine rings is 1. The summed E-state index contributed by atoms with van der Waals surface area (Å²) in [5.41, 5.74) is 5.55. The van der Waals surface area contributed by atoms with Gasteiger partial charge in [-0.05, 0) is 18.2 Å². The summed E-state index contributed by atoms with van der Waals surface area (Å²) in [6, 6.07) is 7.36. The van der Waals surface area contributed by atoms with E-state index < -0.39 is 0 Å². The zero-order valence-electron chi connectivity index (χ0n) is 11.4. The monoisotopic (exact) mass is 305 g/mol. The molecule has 0 saturated carbocycles. The lowest BCUT2D eigenvalue weighted by molar-refractivity contribution is -0.118. The van der Waals surface area contributed by atoms with Crippen LogP contribution in [0.5, 0.6) is 0 Å². The largest absolute Gasteiger partial charge is 0.370 e. The molecule has 0 aliphatic heterocycles. The number of hydrogen-bond donors (Lipinski definition) is 2. The van der Waals surface area contributed by atoms with Crippen molar-refractivity contribution in [2.45, 2.75) is 19.3 Å². The van der Waals surface area contributed by atoms with Crippen molar-refractivity contribution in [2.24, 2.45) is 5.73 Å². The van der Waals surface area contributed by atoms with Gasteiger partial charge in [0.05, 0.1) is 5.56 Å². The molecule has 0 radical (unpaired) electrons.